The summed E-state index contributed by atoms with van der Waals surface area (Å²) in [5.41, 5.74) is 1.29. The van der Waals surface area contributed by atoms with Gasteiger partial charge in [0.05, 0.1) is 32.0 Å². The molecule has 0 heterocycles. The van der Waals surface area contributed by atoms with E-state index in [2.05, 4.69) is 10.0 Å². The molecule has 0 aliphatic rings. The molecule has 2 N–H and O–H groups in total. The number of amides is 1. The fraction of sp³-hybridized carbons (Fsp3) is 0.278. The lowest BCUT2D eigenvalue weighted by Gasteiger charge is -2.10. The Morgan fingerprint density at radius 3 is 2.54 bits per heavy atom. The van der Waals surface area contributed by atoms with Crippen molar-refractivity contribution in [3.63, 3.8) is 0 Å². The van der Waals surface area contributed by atoms with Crippen LogP contribution in [0.1, 0.15) is 5.56 Å². The Balaban J connectivity index is 1.76. The molecule has 0 radical (unpaired) electrons. The van der Waals surface area contributed by atoms with E-state index in [0.29, 0.717) is 23.7 Å². The summed E-state index contributed by atoms with van der Waals surface area (Å²) in [6.07, 6.45) is 1.34. The molecule has 0 saturated heterocycles. The number of nitrogens with one attached hydrogen (secondary N) is 2. The summed E-state index contributed by atoms with van der Waals surface area (Å²) in [5, 5.41) is 2.78. The lowest BCUT2D eigenvalue weighted by molar-refractivity contribution is -0.120. The second kappa shape index (κ2) is 9.10. The molecule has 0 fully saturated rings. The summed E-state index contributed by atoms with van der Waals surface area (Å²) in [4.78, 5) is 12.0. The molecule has 140 valence electrons. The van der Waals surface area contributed by atoms with Crippen LogP contribution >= 0.6 is 0 Å². The van der Waals surface area contributed by atoms with E-state index in [4.69, 9.17) is 9.47 Å². The summed E-state index contributed by atoms with van der Waals surface area (Å²) < 4.78 is 35.5. The normalized spacial score (nSPS) is 10.8. The molecule has 2 rings (SSSR count). The van der Waals surface area contributed by atoms with Gasteiger partial charge < -0.3 is 14.8 Å². The lowest BCUT2D eigenvalue weighted by Crippen LogP contribution is -2.29. The van der Waals surface area contributed by atoms with Crippen molar-refractivity contribution in [1.82, 2.24) is 5.32 Å². The standard InChI is InChI=1S/C18H22N2O5S/c1-24-16-7-3-5-14(11-16)12-18(21)19-9-10-25-17-8-4-6-15(13-17)20-26(2,22)23/h3-8,11,13,20H,9-10,12H2,1-2H3,(H,19,21). The van der Waals surface area contributed by atoms with Crippen LogP contribution in [0.2, 0.25) is 0 Å². The average Bonchev–Trinajstić information content (AvgIpc) is 2.58. The van der Waals surface area contributed by atoms with Crippen molar-refractivity contribution in [3.05, 3.63) is 54.1 Å². The minimum absolute atomic E-state index is 0.116. The van der Waals surface area contributed by atoms with E-state index in [-0.39, 0.29) is 18.9 Å². The maximum atomic E-state index is 12.0. The predicted molar refractivity (Wildman–Crippen MR) is 100 cm³/mol. The fourth-order valence-electron chi connectivity index (χ4n) is 2.25. The molecule has 2 aromatic rings. The zero-order valence-electron chi connectivity index (χ0n) is 14.7. The molecule has 7 nitrogen and oxygen atoms in total. The van der Waals surface area contributed by atoms with Gasteiger partial charge in [-0.25, -0.2) is 8.42 Å². The molecule has 2 aromatic carbocycles. The second-order valence-electron chi connectivity index (χ2n) is 5.63. The van der Waals surface area contributed by atoms with Crippen molar-refractivity contribution in [2.75, 3.05) is 31.2 Å². The van der Waals surface area contributed by atoms with E-state index in [9.17, 15) is 13.2 Å². The molecule has 0 spiro atoms. The SMILES string of the molecule is COc1cccc(CC(=O)NCCOc2cccc(NS(C)(=O)=O)c2)c1. The number of hydrogen-bond donors (Lipinski definition) is 2. The van der Waals surface area contributed by atoms with Gasteiger partial charge in [-0.3, -0.25) is 9.52 Å². The van der Waals surface area contributed by atoms with E-state index in [1.807, 2.05) is 24.3 Å². The van der Waals surface area contributed by atoms with Crippen LogP contribution in [0, 0.1) is 0 Å². The summed E-state index contributed by atoms with van der Waals surface area (Å²) in [6.45, 7) is 0.610. The quantitative estimate of drug-likeness (QED) is 0.649. The number of carbonyl (C=O) groups is 1. The first kappa shape index (κ1) is 19.6. The first-order valence-corrected chi connectivity index (χ1v) is 9.85. The van der Waals surface area contributed by atoms with Crippen LogP contribution in [0.3, 0.4) is 0 Å². The van der Waals surface area contributed by atoms with Crippen LogP contribution < -0.4 is 19.5 Å². The number of methoxy groups -OCH3 is 1. The monoisotopic (exact) mass is 378 g/mol. The highest BCUT2D eigenvalue weighted by atomic mass is 32.2. The minimum Gasteiger partial charge on any atom is -0.497 e. The van der Waals surface area contributed by atoms with Gasteiger partial charge in [-0.1, -0.05) is 18.2 Å². The molecule has 0 aliphatic carbocycles. The Labute approximate surface area is 153 Å². The van der Waals surface area contributed by atoms with Crippen molar-refractivity contribution in [2.45, 2.75) is 6.42 Å². The third kappa shape index (κ3) is 7.02. The number of rotatable bonds is 9. The highest BCUT2D eigenvalue weighted by Crippen LogP contribution is 2.18. The number of carbonyl (C=O) groups excluding carboxylic acids is 1. The zero-order chi connectivity index (χ0) is 19.0. The first-order chi connectivity index (χ1) is 12.4. The molecular weight excluding hydrogens is 356 g/mol. The van der Waals surface area contributed by atoms with Gasteiger partial charge in [-0.2, -0.15) is 0 Å². The Morgan fingerprint density at radius 2 is 1.81 bits per heavy atom. The van der Waals surface area contributed by atoms with Crippen molar-refractivity contribution in [2.24, 2.45) is 0 Å². The third-order valence-corrected chi connectivity index (χ3v) is 3.94. The molecule has 0 saturated carbocycles. The molecule has 26 heavy (non-hydrogen) atoms. The van der Waals surface area contributed by atoms with Gasteiger partial charge in [0, 0.05) is 6.07 Å². The van der Waals surface area contributed by atoms with Crippen LogP contribution in [-0.4, -0.2) is 40.8 Å². The highest BCUT2D eigenvalue weighted by Gasteiger charge is 2.05. The van der Waals surface area contributed by atoms with Gasteiger partial charge in [0.25, 0.3) is 0 Å². The average molecular weight is 378 g/mol. The number of ether oxygens (including phenoxy) is 2. The molecule has 8 heteroatoms. The molecule has 0 aromatic heterocycles. The van der Waals surface area contributed by atoms with Crippen LogP contribution in [0.4, 0.5) is 5.69 Å². The fourth-order valence-corrected chi connectivity index (χ4v) is 2.81. The Kier molecular flexibility index (Phi) is 6.85. The molecule has 0 atom stereocenters. The summed E-state index contributed by atoms with van der Waals surface area (Å²) >= 11 is 0. The second-order valence-corrected chi connectivity index (χ2v) is 7.38. The first-order valence-electron chi connectivity index (χ1n) is 7.96. The largest absolute Gasteiger partial charge is 0.497 e. The Hall–Kier alpha value is -2.74. The molecule has 0 unspecified atom stereocenters. The van der Waals surface area contributed by atoms with Crippen molar-refractivity contribution < 1.29 is 22.7 Å². The maximum Gasteiger partial charge on any atom is 0.229 e. The molecular formula is C18H22N2O5S. The topological polar surface area (TPSA) is 93.7 Å². The lowest BCUT2D eigenvalue weighted by atomic mass is 10.1. The van der Waals surface area contributed by atoms with Crippen LogP contribution in [0.5, 0.6) is 11.5 Å². The molecule has 0 aliphatic heterocycles. The van der Waals surface area contributed by atoms with Gasteiger partial charge in [0.15, 0.2) is 0 Å². The summed E-state index contributed by atoms with van der Waals surface area (Å²) in [7, 11) is -1.76. The van der Waals surface area contributed by atoms with Gasteiger partial charge in [-0.05, 0) is 29.8 Å². The van der Waals surface area contributed by atoms with E-state index < -0.39 is 10.0 Å². The molecule has 1 amide bonds. The van der Waals surface area contributed by atoms with Crippen molar-refractivity contribution in [3.8, 4) is 11.5 Å². The van der Waals surface area contributed by atoms with Crippen LogP contribution in [-0.2, 0) is 21.2 Å². The predicted octanol–water partition coefficient (Wildman–Crippen LogP) is 1.80. The van der Waals surface area contributed by atoms with Gasteiger partial charge in [0.1, 0.15) is 18.1 Å². The van der Waals surface area contributed by atoms with E-state index in [0.717, 1.165) is 11.8 Å². The number of hydrogen-bond acceptors (Lipinski definition) is 5. The van der Waals surface area contributed by atoms with Gasteiger partial charge in [0.2, 0.25) is 15.9 Å². The van der Waals surface area contributed by atoms with Crippen molar-refractivity contribution in [1.29, 1.82) is 0 Å². The number of benzene rings is 2. The van der Waals surface area contributed by atoms with Gasteiger partial charge in [-0.15, -0.1) is 0 Å². The van der Waals surface area contributed by atoms with Crippen LogP contribution in [0.25, 0.3) is 0 Å². The number of anilines is 1. The Morgan fingerprint density at radius 1 is 1.08 bits per heavy atom. The summed E-state index contributed by atoms with van der Waals surface area (Å²) in [6, 6.07) is 13.9. The smallest absolute Gasteiger partial charge is 0.229 e. The third-order valence-electron chi connectivity index (χ3n) is 3.33. The van der Waals surface area contributed by atoms with Crippen molar-refractivity contribution >= 4 is 21.6 Å². The Bertz CT molecular complexity index is 852. The van der Waals surface area contributed by atoms with E-state index in [1.54, 1.807) is 31.4 Å². The van der Waals surface area contributed by atoms with E-state index >= 15 is 0 Å². The summed E-state index contributed by atoms with van der Waals surface area (Å²) in [5.74, 6) is 1.11. The van der Waals surface area contributed by atoms with Crippen LogP contribution in [0.15, 0.2) is 48.5 Å². The maximum absolute atomic E-state index is 12.0. The van der Waals surface area contributed by atoms with E-state index in [1.165, 1.54) is 0 Å². The van der Waals surface area contributed by atoms with Gasteiger partial charge >= 0.3 is 0 Å². The minimum atomic E-state index is -3.34. The number of sulfonamides is 1. The molecule has 0 bridgehead atoms. The highest BCUT2D eigenvalue weighted by molar-refractivity contribution is 7.92. The zero-order valence-corrected chi connectivity index (χ0v) is 15.5.